The average molecular weight is 418 g/mol. The van der Waals surface area contributed by atoms with Gasteiger partial charge in [-0.3, -0.25) is 14.2 Å². The topological polar surface area (TPSA) is 64.0 Å². The Morgan fingerprint density at radius 2 is 2.07 bits per heavy atom. The minimum absolute atomic E-state index is 0.0898. The number of hydrogen-bond donors (Lipinski definition) is 1. The second kappa shape index (κ2) is 7.56. The summed E-state index contributed by atoms with van der Waals surface area (Å²) in [7, 11) is 0. The standard InChI is InChI=1S/C20H17ClFN3O2S/c1-11(18(26)23-12-6-7-12)28-20-24-17-5-3-2-4-14(17)19(27)25(20)13-8-9-16(22)15(21)10-13/h2-5,8-12H,6-7H2,1H3,(H,23,26). The highest BCUT2D eigenvalue weighted by atomic mass is 35.5. The molecule has 3 aromatic rings. The van der Waals surface area contributed by atoms with Crippen LogP contribution in [0.4, 0.5) is 4.39 Å². The lowest BCUT2D eigenvalue weighted by Crippen LogP contribution is -2.33. The molecule has 144 valence electrons. The molecule has 1 atom stereocenters. The minimum atomic E-state index is -0.571. The molecule has 1 fully saturated rings. The molecule has 5 nitrogen and oxygen atoms in total. The van der Waals surface area contributed by atoms with Gasteiger partial charge in [-0.1, -0.05) is 35.5 Å². The van der Waals surface area contributed by atoms with Gasteiger partial charge in [0, 0.05) is 6.04 Å². The van der Waals surface area contributed by atoms with Gasteiger partial charge in [0.25, 0.3) is 5.56 Å². The highest BCUT2D eigenvalue weighted by Crippen LogP contribution is 2.28. The van der Waals surface area contributed by atoms with Gasteiger partial charge in [-0.2, -0.15) is 0 Å². The van der Waals surface area contributed by atoms with Crippen LogP contribution in [0.2, 0.25) is 5.02 Å². The van der Waals surface area contributed by atoms with Crippen LogP contribution in [0.5, 0.6) is 0 Å². The highest BCUT2D eigenvalue weighted by Gasteiger charge is 2.27. The maximum atomic E-state index is 13.6. The van der Waals surface area contributed by atoms with Gasteiger partial charge in [0.1, 0.15) is 5.82 Å². The molecule has 1 amide bonds. The van der Waals surface area contributed by atoms with Gasteiger partial charge < -0.3 is 5.32 Å². The molecule has 28 heavy (non-hydrogen) atoms. The number of rotatable bonds is 5. The predicted molar refractivity (Wildman–Crippen MR) is 109 cm³/mol. The summed E-state index contributed by atoms with van der Waals surface area (Å²) < 4.78 is 15.0. The third kappa shape index (κ3) is 3.77. The number of hydrogen-bond acceptors (Lipinski definition) is 4. The van der Waals surface area contributed by atoms with E-state index >= 15 is 0 Å². The van der Waals surface area contributed by atoms with Crippen molar-refractivity contribution in [3.8, 4) is 5.69 Å². The maximum Gasteiger partial charge on any atom is 0.266 e. The Kier molecular flexibility index (Phi) is 5.12. The molecule has 0 aliphatic heterocycles. The quantitative estimate of drug-likeness (QED) is 0.504. The van der Waals surface area contributed by atoms with Crippen molar-refractivity contribution in [3.63, 3.8) is 0 Å². The molecule has 1 aliphatic carbocycles. The number of nitrogens with one attached hydrogen (secondary N) is 1. The Balaban J connectivity index is 1.82. The number of halogens is 2. The molecule has 4 rings (SSSR count). The lowest BCUT2D eigenvalue weighted by atomic mass is 10.2. The average Bonchev–Trinajstić information content (AvgIpc) is 3.48. The molecule has 0 bridgehead atoms. The first-order valence-electron chi connectivity index (χ1n) is 8.88. The van der Waals surface area contributed by atoms with Crippen molar-refractivity contribution in [2.45, 2.75) is 36.2 Å². The molecule has 1 heterocycles. The van der Waals surface area contributed by atoms with Crippen LogP contribution in [0.15, 0.2) is 52.4 Å². The van der Waals surface area contributed by atoms with Crippen LogP contribution in [0, 0.1) is 5.82 Å². The van der Waals surface area contributed by atoms with Gasteiger partial charge >= 0.3 is 0 Å². The van der Waals surface area contributed by atoms with Gasteiger partial charge in [0.05, 0.1) is 26.9 Å². The van der Waals surface area contributed by atoms with Crippen molar-refractivity contribution in [3.05, 3.63) is 63.7 Å². The zero-order chi connectivity index (χ0) is 19.8. The summed E-state index contributed by atoms with van der Waals surface area (Å²) in [6, 6.07) is 11.3. The van der Waals surface area contributed by atoms with E-state index < -0.39 is 11.1 Å². The molecule has 0 saturated heterocycles. The van der Waals surface area contributed by atoms with E-state index in [4.69, 9.17) is 11.6 Å². The van der Waals surface area contributed by atoms with Crippen molar-refractivity contribution in [1.29, 1.82) is 0 Å². The Morgan fingerprint density at radius 1 is 1.32 bits per heavy atom. The van der Waals surface area contributed by atoms with Crippen LogP contribution < -0.4 is 10.9 Å². The van der Waals surface area contributed by atoms with E-state index in [1.54, 1.807) is 31.2 Å². The largest absolute Gasteiger partial charge is 0.352 e. The molecule has 0 radical (unpaired) electrons. The zero-order valence-electron chi connectivity index (χ0n) is 15.0. The van der Waals surface area contributed by atoms with E-state index in [2.05, 4.69) is 10.3 Å². The molecule has 0 spiro atoms. The van der Waals surface area contributed by atoms with Crippen LogP contribution in [-0.4, -0.2) is 26.8 Å². The van der Waals surface area contributed by atoms with E-state index in [9.17, 15) is 14.0 Å². The number of aromatic nitrogens is 2. The van der Waals surface area contributed by atoms with Crippen LogP contribution in [0.1, 0.15) is 19.8 Å². The predicted octanol–water partition coefficient (Wildman–Crippen LogP) is 3.94. The second-order valence-corrected chi connectivity index (χ2v) is 8.41. The van der Waals surface area contributed by atoms with Crippen molar-refractivity contribution in [1.82, 2.24) is 14.9 Å². The molecule has 1 saturated carbocycles. The van der Waals surface area contributed by atoms with E-state index in [1.165, 1.54) is 34.5 Å². The van der Waals surface area contributed by atoms with Gasteiger partial charge in [0.2, 0.25) is 5.91 Å². The SMILES string of the molecule is CC(Sc1nc2ccccc2c(=O)n1-c1ccc(F)c(Cl)c1)C(=O)NC1CC1. The number of nitrogens with zero attached hydrogens (tertiary/aromatic N) is 2. The van der Waals surface area contributed by atoms with E-state index in [0.29, 0.717) is 21.7 Å². The van der Waals surface area contributed by atoms with Crippen LogP contribution in [0.3, 0.4) is 0 Å². The van der Waals surface area contributed by atoms with Crippen LogP contribution in [0.25, 0.3) is 16.6 Å². The first kappa shape index (κ1) is 19.0. The lowest BCUT2D eigenvalue weighted by Gasteiger charge is -2.16. The smallest absolute Gasteiger partial charge is 0.266 e. The second-order valence-electron chi connectivity index (χ2n) is 6.69. The number of fused-ring (bicyclic) bond motifs is 1. The van der Waals surface area contributed by atoms with Crippen molar-refractivity contribution >= 4 is 40.2 Å². The molecule has 8 heteroatoms. The highest BCUT2D eigenvalue weighted by molar-refractivity contribution is 8.00. The van der Waals surface area contributed by atoms with E-state index in [-0.39, 0.29) is 22.5 Å². The normalized spacial score (nSPS) is 14.8. The number of thioether (sulfide) groups is 1. The summed E-state index contributed by atoms with van der Waals surface area (Å²) in [6.07, 6.45) is 1.99. The fourth-order valence-corrected chi connectivity index (χ4v) is 3.91. The molecule has 1 aliphatic rings. The Hall–Kier alpha value is -2.38. The first-order chi connectivity index (χ1) is 13.4. The molecule has 2 aromatic carbocycles. The number of amides is 1. The monoisotopic (exact) mass is 417 g/mol. The Bertz CT molecular complexity index is 1130. The Morgan fingerprint density at radius 3 is 2.79 bits per heavy atom. The summed E-state index contributed by atoms with van der Waals surface area (Å²) in [5.74, 6) is -0.669. The van der Waals surface area contributed by atoms with Crippen LogP contribution >= 0.6 is 23.4 Å². The maximum absolute atomic E-state index is 13.6. The first-order valence-corrected chi connectivity index (χ1v) is 10.1. The summed E-state index contributed by atoms with van der Waals surface area (Å²) >= 11 is 7.11. The van der Waals surface area contributed by atoms with Crippen molar-refractivity contribution in [2.24, 2.45) is 0 Å². The summed E-state index contributed by atoms with van der Waals surface area (Å²) in [5.41, 5.74) is 0.631. The van der Waals surface area contributed by atoms with E-state index in [1.807, 2.05) is 0 Å². The minimum Gasteiger partial charge on any atom is -0.352 e. The number of carbonyl (C=O) groups is 1. The molecule has 1 unspecified atom stereocenters. The summed E-state index contributed by atoms with van der Waals surface area (Å²) in [6.45, 7) is 1.77. The van der Waals surface area contributed by atoms with E-state index in [0.717, 1.165) is 12.8 Å². The third-order valence-electron chi connectivity index (χ3n) is 4.48. The molecule has 1 aromatic heterocycles. The van der Waals surface area contributed by atoms with Crippen molar-refractivity contribution < 1.29 is 9.18 Å². The Labute approximate surface area is 169 Å². The van der Waals surface area contributed by atoms with Gasteiger partial charge in [-0.15, -0.1) is 0 Å². The fourth-order valence-electron chi connectivity index (χ4n) is 2.80. The molecular weight excluding hydrogens is 401 g/mol. The van der Waals surface area contributed by atoms with Gasteiger partial charge in [-0.05, 0) is 50.1 Å². The summed E-state index contributed by atoms with van der Waals surface area (Å²) in [4.78, 5) is 30.1. The molecule has 1 N–H and O–H groups in total. The number of benzene rings is 2. The number of carbonyl (C=O) groups excluding carboxylic acids is 1. The summed E-state index contributed by atoms with van der Waals surface area (Å²) in [5, 5.41) is 3.20. The van der Waals surface area contributed by atoms with Crippen LogP contribution in [-0.2, 0) is 4.79 Å². The fraction of sp³-hybridized carbons (Fsp3) is 0.250. The molecular formula is C20H17ClFN3O2S. The van der Waals surface area contributed by atoms with Crippen molar-refractivity contribution in [2.75, 3.05) is 0 Å². The van der Waals surface area contributed by atoms with Gasteiger partial charge in [0.15, 0.2) is 5.16 Å². The zero-order valence-corrected chi connectivity index (χ0v) is 16.6. The van der Waals surface area contributed by atoms with Gasteiger partial charge in [-0.25, -0.2) is 9.37 Å². The lowest BCUT2D eigenvalue weighted by molar-refractivity contribution is -0.120. The number of para-hydroxylation sites is 1. The third-order valence-corrected chi connectivity index (χ3v) is 5.82.